The molecule has 1 aliphatic heterocycles. The zero-order valence-electron chi connectivity index (χ0n) is 16.3. The highest BCUT2D eigenvalue weighted by atomic mass is 19.1. The van der Waals surface area contributed by atoms with Gasteiger partial charge in [0.05, 0.1) is 0 Å². The average molecular weight is 378 g/mol. The van der Waals surface area contributed by atoms with Crippen LogP contribution in [-0.4, -0.2) is 31.1 Å². The largest absolute Gasteiger partial charge is 0.489 e. The van der Waals surface area contributed by atoms with Gasteiger partial charge < -0.3 is 15.0 Å². The third kappa shape index (κ3) is 4.51. The molecule has 1 fully saturated rings. The van der Waals surface area contributed by atoms with Gasteiger partial charge in [-0.1, -0.05) is 42.5 Å². The molecule has 1 aliphatic rings. The van der Waals surface area contributed by atoms with Crippen LogP contribution in [-0.2, 0) is 13.2 Å². The Bertz CT molecular complexity index is 918. The maximum Gasteiger partial charge on any atom is 0.124 e. The standard InChI is InChI=1S/C24H27FN2O/c1-27-14-12-21(13-15-27)26-16-23-22-5-3-2-4-19(22)8-11-24(23)28-17-18-6-9-20(25)10-7-18/h2-11,21,26H,12-17H2,1H3. The van der Waals surface area contributed by atoms with Crippen molar-refractivity contribution in [3.8, 4) is 5.75 Å². The van der Waals surface area contributed by atoms with Crippen LogP contribution >= 0.6 is 0 Å². The number of benzene rings is 3. The number of halogens is 1. The van der Waals surface area contributed by atoms with Crippen molar-refractivity contribution in [1.29, 1.82) is 0 Å². The van der Waals surface area contributed by atoms with Gasteiger partial charge in [-0.05, 0) is 67.5 Å². The Morgan fingerprint density at radius 1 is 1.00 bits per heavy atom. The summed E-state index contributed by atoms with van der Waals surface area (Å²) in [7, 11) is 2.18. The average Bonchev–Trinajstić information content (AvgIpc) is 2.73. The molecule has 0 bridgehead atoms. The molecule has 0 radical (unpaired) electrons. The molecule has 0 amide bonds. The second kappa shape index (κ2) is 8.72. The predicted molar refractivity (Wildman–Crippen MR) is 112 cm³/mol. The first-order valence-corrected chi connectivity index (χ1v) is 9.99. The lowest BCUT2D eigenvalue weighted by Gasteiger charge is -2.30. The third-order valence-corrected chi connectivity index (χ3v) is 5.59. The van der Waals surface area contributed by atoms with Gasteiger partial charge >= 0.3 is 0 Å². The minimum atomic E-state index is -0.225. The number of hydrogen-bond donors (Lipinski definition) is 1. The fraction of sp³-hybridized carbons (Fsp3) is 0.333. The Morgan fingerprint density at radius 2 is 1.75 bits per heavy atom. The van der Waals surface area contributed by atoms with Crippen molar-refractivity contribution in [2.24, 2.45) is 0 Å². The second-order valence-corrected chi connectivity index (χ2v) is 7.64. The molecule has 0 aromatic heterocycles. The van der Waals surface area contributed by atoms with Crippen LogP contribution in [0.1, 0.15) is 24.0 Å². The first-order valence-electron chi connectivity index (χ1n) is 9.99. The summed E-state index contributed by atoms with van der Waals surface area (Å²) < 4.78 is 19.3. The quantitative estimate of drug-likeness (QED) is 0.670. The highest BCUT2D eigenvalue weighted by Crippen LogP contribution is 2.29. The van der Waals surface area contributed by atoms with Gasteiger partial charge in [-0.15, -0.1) is 0 Å². The lowest BCUT2D eigenvalue weighted by Crippen LogP contribution is -2.40. The third-order valence-electron chi connectivity index (χ3n) is 5.59. The van der Waals surface area contributed by atoms with Crippen LogP contribution in [0.25, 0.3) is 10.8 Å². The Labute approximate surface area is 166 Å². The summed E-state index contributed by atoms with van der Waals surface area (Å²) in [6, 6.07) is 19.6. The monoisotopic (exact) mass is 378 g/mol. The van der Waals surface area contributed by atoms with E-state index in [0.717, 1.165) is 30.9 Å². The molecule has 0 aliphatic carbocycles. The van der Waals surface area contributed by atoms with Gasteiger partial charge in [-0.25, -0.2) is 4.39 Å². The number of rotatable bonds is 6. The first kappa shape index (κ1) is 18.9. The number of nitrogens with one attached hydrogen (secondary N) is 1. The van der Waals surface area contributed by atoms with E-state index in [4.69, 9.17) is 4.74 Å². The van der Waals surface area contributed by atoms with Crippen LogP contribution < -0.4 is 10.1 Å². The van der Waals surface area contributed by atoms with Gasteiger partial charge in [-0.3, -0.25) is 0 Å². The van der Waals surface area contributed by atoms with Crippen molar-refractivity contribution >= 4 is 10.8 Å². The van der Waals surface area contributed by atoms with Crippen molar-refractivity contribution in [3.05, 3.63) is 77.6 Å². The summed E-state index contributed by atoms with van der Waals surface area (Å²) in [4.78, 5) is 2.38. The minimum Gasteiger partial charge on any atom is -0.489 e. The van der Waals surface area contributed by atoms with E-state index >= 15 is 0 Å². The Balaban J connectivity index is 1.53. The highest BCUT2D eigenvalue weighted by molar-refractivity contribution is 5.87. The number of fused-ring (bicyclic) bond motifs is 1. The summed E-state index contributed by atoms with van der Waals surface area (Å²) in [6.07, 6.45) is 2.35. The Hall–Kier alpha value is -2.43. The summed E-state index contributed by atoms with van der Waals surface area (Å²) in [6.45, 7) is 3.50. The van der Waals surface area contributed by atoms with E-state index in [2.05, 4.69) is 53.7 Å². The fourth-order valence-electron chi connectivity index (χ4n) is 3.83. The summed E-state index contributed by atoms with van der Waals surface area (Å²) >= 11 is 0. The molecule has 1 heterocycles. The fourth-order valence-corrected chi connectivity index (χ4v) is 3.83. The smallest absolute Gasteiger partial charge is 0.124 e. The van der Waals surface area contributed by atoms with Crippen LogP contribution in [0.15, 0.2) is 60.7 Å². The maximum atomic E-state index is 13.1. The van der Waals surface area contributed by atoms with E-state index in [-0.39, 0.29) is 5.82 Å². The second-order valence-electron chi connectivity index (χ2n) is 7.64. The number of nitrogens with zero attached hydrogens (tertiary/aromatic N) is 1. The zero-order valence-corrected chi connectivity index (χ0v) is 16.3. The van der Waals surface area contributed by atoms with Crippen LogP contribution in [0.4, 0.5) is 4.39 Å². The molecule has 1 N–H and O–H groups in total. The summed E-state index contributed by atoms with van der Waals surface area (Å²) in [5.74, 6) is 0.668. The van der Waals surface area contributed by atoms with Crippen LogP contribution in [0.2, 0.25) is 0 Å². The van der Waals surface area contributed by atoms with E-state index < -0.39 is 0 Å². The zero-order chi connectivity index (χ0) is 19.3. The molecule has 4 rings (SSSR count). The maximum absolute atomic E-state index is 13.1. The summed E-state index contributed by atoms with van der Waals surface area (Å²) in [5, 5.41) is 6.18. The number of piperidine rings is 1. The van der Waals surface area contributed by atoms with Gasteiger partial charge in [0.15, 0.2) is 0 Å². The number of ether oxygens (including phenoxy) is 1. The predicted octanol–water partition coefficient (Wildman–Crippen LogP) is 4.74. The molecule has 0 atom stereocenters. The topological polar surface area (TPSA) is 24.5 Å². The molecule has 4 heteroatoms. The van der Waals surface area contributed by atoms with E-state index in [1.54, 1.807) is 12.1 Å². The van der Waals surface area contributed by atoms with Crippen molar-refractivity contribution < 1.29 is 9.13 Å². The first-order chi connectivity index (χ1) is 13.7. The lowest BCUT2D eigenvalue weighted by molar-refractivity contribution is 0.233. The van der Waals surface area contributed by atoms with Crippen LogP contribution in [0.3, 0.4) is 0 Å². The lowest BCUT2D eigenvalue weighted by atomic mass is 10.0. The molecule has 3 aromatic rings. The Morgan fingerprint density at radius 3 is 2.54 bits per heavy atom. The van der Waals surface area contributed by atoms with E-state index in [1.807, 2.05) is 0 Å². The molecule has 3 nitrogen and oxygen atoms in total. The molecule has 0 spiro atoms. The minimum absolute atomic E-state index is 0.225. The van der Waals surface area contributed by atoms with E-state index in [9.17, 15) is 4.39 Å². The van der Waals surface area contributed by atoms with E-state index in [0.29, 0.717) is 12.6 Å². The van der Waals surface area contributed by atoms with Gasteiger partial charge in [0.25, 0.3) is 0 Å². The molecule has 1 saturated heterocycles. The SMILES string of the molecule is CN1CCC(NCc2c(OCc3ccc(F)cc3)ccc3ccccc23)CC1. The molecule has 28 heavy (non-hydrogen) atoms. The number of hydrogen-bond acceptors (Lipinski definition) is 3. The van der Waals surface area contributed by atoms with Gasteiger partial charge in [-0.2, -0.15) is 0 Å². The van der Waals surface area contributed by atoms with Crippen molar-refractivity contribution in [2.45, 2.75) is 32.0 Å². The Kier molecular flexibility index (Phi) is 5.89. The van der Waals surface area contributed by atoms with Crippen molar-refractivity contribution in [3.63, 3.8) is 0 Å². The molecule has 3 aromatic carbocycles. The van der Waals surface area contributed by atoms with Crippen molar-refractivity contribution in [2.75, 3.05) is 20.1 Å². The number of likely N-dealkylation sites (tertiary alicyclic amines) is 1. The van der Waals surface area contributed by atoms with Gasteiger partial charge in [0.1, 0.15) is 18.2 Å². The highest BCUT2D eigenvalue weighted by Gasteiger charge is 2.17. The van der Waals surface area contributed by atoms with E-state index in [1.165, 1.54) is 41.3 Å². The summed E-state index contributed by atoms with van der Waals surface area (Å²) in [5.41, 5.74) is 2.16. The van der Waals surface area contributed by atoms with Crippen LogP contribution in [0, 0.1) is 5.82 Å². The van der Waals surface area contributed by atoms with Crippen LogP contribution in [0.5, 0.6) is 5.75 Å². The normalized spacial score (nSPS) is 15.8. The molecule has 146 valence electrons. The molecular formula is C24H27FN2O. The molecular weight excluding hydrogens is 351 g/mol. The van der Waals surface area contributed by atoms with Gasteiger partial charge in [0.2, 0.25) is 0 Å². The van der Waals surface area contributed by atoms with Crippen molar-refractivity contribution in [1.82, 2.24) is 10.2 Å². The van der Waals surface area contributed by atoms with Gasteiger partial charge in [0, 0.05) is 18.2 Å². The molecule has 0 saturated carbocycles. The molecule has 0 unspecified atom stereocenters.